The van der Waals surface area contributed by atoms with Crippen LogP contribution in [0.5, 0.6) is 0 Å². The molecule has 0 fully saturated rings. The Morgan fingerprint density at radius 3 is 2.84 bits per heavy atom. The smallest absolute Gasteiger partial charge is 0.256 e. The molecule has 1 amide bonds. The Morgan fingerprint density at radius 2 is 2.21 bits per heavy atom. The molecule has 0 aliphatic carbocycles. The maximum atomic E-state index is 12.2. The van der Waals surface area contributed by atoms with Gasteiger partial charge in [-0.05, 0) is 47.0 Å². The number of aromatic nitrogens is 2. The number of carbonyl (C=O) groups excluding carboxylic acids is 1. The second-order valence-electron chi connectivity index (χ2n) is 4.45. The van der Waals surface area contributed by atoms with E-state index in [2.05, 4.69) is 26.3 Å². The standard InChI is InChI=1S/C14H16BrN3O/c1-4-12-13(8-18(3)17-12)16-14(19)10-6-5-9(2)7-11(10)15/h5-8H,4H2,1-3H3,(H,16,19). The summed E-state index contributed by atoms with van der Waals surface area (Å²) in [5.41, 5.74) is 3.39. The molecule has 0 atom stereocenters. The third-order valence-electron chi connectivity index (χ3n) is 2.86. The van der Waals surface area contributed by atoms with Crippen molar-refractivity contribution in [1.82, 2.24) is 9.78 Å². The first kappa shape index (κ1) is 13.8. The molecule has 0 saturated carbocycles. The van der Waals surface area contributed by atoms with E-state index in [1.807, 2.05) is 45.3 Å². The summed E-state index contributed by atoms with van der Waals surface area (Å²) in [6, 6.07) is 5.67. The van der Waals surface area contributed by atoms with Crippen LogP contribution in [0.4, 0.5) is 5.69 Å². The number of anilines is 1. The molecular weight excluding hydrogens is 306 g/mol. The molecule has 100 valence electrons. The van der Waals surface area contributed by atoms with Gasteiger partial charge in [-0.1, -0.05) is 13.0 Å². The van der Waals surface area contributed by atoms with Crippen LogP contribution in [-0.4, -0.2) is 15.7 Å². The van der Waals surface area contributed by atoms with Gasteiger partial charge in [0.2, 0.25) is 0 Å². The van der Waals surface area contributed by atoms with E-state index in [-0.39, 0.29) is 5.91 Å². The summed E-state index contributed by atoms with van der Waals surface area (Å²) in [6.07, 6.45) is 2.60. The summed E-state index contributed by atoms with van der Waals surface area (Å²) in [5.74, 6) is -0.130. The summed E-state index contributed by atoms with van der Waals surface area (Å²) in [4.78, 5) is 12.2. The fourth-order valence-corrected chi connectivity index (χ4v) is 2.57. The topological polar surface area (TPSA) is 46.9 Å². The van der Waals surface area contributed by atoms with Gasteiger partial charge in [0.15, 0.2) is 0 Å². The first-order valence-corrected chi connectivity index (χ1v) is 6.90. The van der Waals surface area contributed by atoms with Crippen molar-refractivity contribution in [3.63, 3.8) is 0 Å². The predicted octanol–water partition coefficient (Wildman–Crippen LogP) is 3.31. The van der Waals surface area contributed by atoms with E-state index < -0.39 is 0 Å². The SMILES string of the molecule is CCc1nn(C)cc1NC(=O)c1ccc(C)cc1Br. The summed E-state index contributed by atoms with van der Waals surface area (Å²) >= 11 is 3.42. The van der Waals surface area contributed by atoms with Crippen LogP contribution in [0.1, 0.15) is 28.5 Å². The molecule has 0 spiro atoms. The highest BCUT2D eigenvalue weighted by atomic mass is 79.9. The van der Waals surface area contributed by atoms with E-state index in [1.54, 1.807) is 4.68 Å². The van der Waals surface area contributed by atoms with Crippen LogP contribution >= 0.6 is 15.9 Å². The Hall–Kier alpha value is -1.62. The van der Waals surface area contributed by atoms with Crippen LogP contribution in [0.25, 0.3) is 0 Å². The Morgan fingerprint density at radius 1 is 1.47 bits per heavy atom. The maximum absolute atomic E-state index is 12.2. The summed E-state index contributed by atoms with van der Waals surface area (Å²) < 4.78 is 2.51. The quantitative estimate of drug-likeness (QED) is 0.942. The van der Waals surface area contributed by atoms with Crippen LogP contribution in [0.15, 0.2) is 28.9 Å². The molecular formula is C14H16BrN3O. The molecule has 19 heavy (non-hydrogen) atoms. The fourth-order valence-electron chi connectivity index (χ4n) is 1.89. The van der Waals surface area contributed by atoms with Gasteiger partial charge in [0, 0.05) is 17.7 Å². The van der Waals surface area contributed by atoms with Crippen molar-refractivity contribution in [3.8, 4) is 0 Å². The van der Waals surface area contributed by atoms with Gasteiger partial charge in [-0.2, -0.15) is 5.10 Å². The average molecular weight is 322 g/mol. The Kier molecular flexibility index (Phi) is 4.04. The van der Waals surface area contributed by atoms with Crippen molar-refractivity contribution in [2.75, 3.05) is 5.32 Å². The Labute approximate surface area is 120 Å². The number of aryl methyl sites for hydroxylation is 3. The van der Waals surface area contributed by atoms with Gasteiger partial charge in [0.25, 0.3) is 5.91 Å². The number of benzene rings is 1. The van der Waals surface area contributed by atoms with E-state index in [4.69, 9.17) is 0 Å². The lowest BCUT2D eigenvalue weighted by Crippen LogP contribution is -2.13. The summed E-state index contributed by atoms with van der Waals surface area (Å²) in [5, 5.41) is 7.21. The van der Waals surface area contributed by atoms with E-state index >= 15 is 0 Å². The van der Waals surface area contributed by atoms with Gasteiger partial charge < -0.3 is 5.32 Å². The average Bonchev–Trinajstić information content (AvgIpc) is 2.69. The Bertz CT molecular complexity index is 619. The minimum atomic E-state index is -0.130. The van der Waals surface area contributed by atoms with Gasteiger partial charge in [0.1, 0.15) is 0 Å². The third kappa shape index (κ3) is 3.04. The first-order valence-electron chi connectivity index (χ1n) is 6.11. The molecule has 2 rings (SSSR count). The molecule has 0 saturated heterocycles. The number of nitrogens with zero attached hydrogens (tertiary/aromatic N) is 2. The normalized spacial score (nSPS) is 10.5. The number of amides is 1. The molecule has 1 aromatic carbocycles. The van der Waals surface area contributed by atoms with Gasteiger partial charge in [-0.3, -0.25) is 9.48 Å². The number of hydrogen-bond donors (Lipinski definition) is 1. The molecule has 0 aliphatic rings. The van der Waals surface area contributed by atoms with E-state index in [1.165, 1.54) is 0 Å². The lowest BCUT2D eigenvalue weighted by molar-refractivity contribution is 0.102. The van der Waals surface area contributed by atoms with Crippen LogP contribution < -0.4 is 5.32 Å². The number of carbonyl (C=O) groups is 1. The first-order chi connectivity index (χ1) is 9.01. The number of nitrogens with one attached hydrogen (secondary N) is 1. The second-order valence-corrected chi connectivity index (χ2v) is 5.31. The number of hydrogen-bond acceptors (Lipinski definition) is 2. The predicted molar refractivity (Wildman–Crippen MR) is 79.4 cm³/mol. The van der Waals surface area contributed by atoms with Gasteiger partial charge in [-0.25, -0.2) is 0 Å². The molecule has 0 aliphatic heterocycles. The highest BCUT2D eigenvalue weighted by molar-refractivity contribution is 9.10. The molecule has 2 aromatic rings. The lowest BCUT2D eigenvalue weighted by Gasteiger charge is -2.07. The van der Waals surface area contributed by atoms with E-state index in [0.717, 1.165) is 27.8 Å². The fraction of sp³-hybridized carbons (Fsp3) is 0.286. The minimum absolute atomic E-state index is 0.130. The van der Waals surface area contributed by atoms with E-state index in [9.17, 15) is 4.79 Å². The zero-order valence-electron chi connectivity index (χ0n) is 11.2. The maximum Gasteiger partial charge on any atom is 0.256 e. The van der Waals surface area contributed by atoms with Gasteiger partial charge in [0.05, 0.1) is 16.9 Å². The Balaban J connectivity index is 2.25. The molecule has 1 N–H and O–H groups in total. The number of halogens is 1. The largest absolute Gasteiger partial charge is 0.319 e. The molecule has 0 bridgehead atoms. The lowest BCUT2D eigenvalue weighted by atomic mass is 10.1. The van der Waals surface area contributed by atoms with Crippen molar-refractivity contribution in [3.05, 3.63) is 45.7 Å². The van der Waals surface area contributed by atoms with Crippen molar-refractivity contribution < 1.29 is 4.79 Å². The number of rotatable bonds is 3. The van der Waals surface area contributed by atoms with Crippen LogP contribution in [-0.2, 0) is 13.5 Å². The van der Waals surface area contributed by atoms with Crippen molar-refractivity contribution in [1.29, 1.82) is 0 Å². The highest BCUT2D eigenvalue weighted by Gasteiger charge is 2.13. The summed E-state index contributed by atoms with van der Waals surface area (Å²) in [6.45, 7) is 4.00. The van der Waals surface area contributed by atoms with Gasteiger partial charge in [-0.15, -0.1) is 0 Å². The molecule has 1 heterocycles. The van der Waals surface area contributed by atoms with Crippen molar-refractivity contribution in [2.24, 2.45) is 7.05 Å². The van der Waals surface area contributed by atoms with Gasteiger partial charge >= 0.3 is 0 Å². The molecule has 5 heteroatoms. The van der Waals surface area contributed by atoms with Crippen LogP contribution in [0, 0.1) is 6.92 Å². The van der Waals surface area contributed by atoms with Crippen LogP contribution in [0.3, 0.4) is 0 Å². The monoisotopic (exact) mass is 321 g/mol. The van der Waals surface area contributed by atoms with Crippen molar-refractivity contribution >= 4 is 27.5 Å². The highest BCUT2D eigenvalue weighted by Crippen LogP contribution is 2.21. The molecule has 4 nitrogen and oxygen atoms in total. The third-order valence-corrected chi connectivity index (χ3v) is 3.51. The second kappa shape index (κ2) is 5.57. The van der Waals surface area contributed by atoms with Crippen molar-refractivity contribution in [2.45, 2.75) is 20.3 Å². The van der Waals surface area contributed by atoms with Crippen LogP contribution in [0.2, 0.25) is 0 Å². The molecule has 1 aromatic heterocycles. The zero-order valence-corrected chi connectivity index (χ0v) is 12.8. The summed E-state index contributed by atoms with van der Waals surface area (Å²) in [7, 11) is 1.84. The molecule has 0 radical (unpaired) electrons. The minimum Gasteiger partial charge on any atom is -0.319 e. The molecule has 0 unspecified atom stereocenters. The van der Waals surface area contributed by atoms with E-state index in [0.29, 0.717) is 5.56 Å². The zero-order chi connectivity index (χ0) is 14.0.